The zero-order valence-corrected chi connectivity index (χ0v) is 35.8. The molecule has 1 aromatic carbocycles. The first-order chi connectivity index (χ1) is 28.0. The summed E-state index contributed by atoms with van der Waals surface area (Å²) in [6.45, 7) is 0.695. The summed E-state index contributed by atoms with van der Waals surface area (Å²) in [7, 11) is -9.23. The molecule has 17 nitrogen and oxygen atoms in total. The summed E-state index contributed by atoms with van der Waals surface area (Å²) in [4.78, 5) is 49.1. The number of halogens is 1. The Morgan fingerprint density at radius 3 is 1.90 bits per heavy atom. The zero-order chi connectivity index (χ0) is 42.1. The molecular formula is C38H46ClN9O8S3. The number of aryl methyl sites for hydroxylation is 3. The Morgan fingerprint density at radius 1 is 0.780 bits per heavy atom. The molecule has 2 unspecified atom stereocenters. The third-order valence-electron chi connectivity index (χ3n) is 10.9. The third kappa shape index (κ3) is 10.0. The van der Waals surface area contributed by atoms with E-state index in [4.69, 9.17) is 11.6 Å². The maximum atomic E-state index is 12.8. The van der Waals surface area contributed by atoms with Gasteiger partial charge in [-0.05, 0) is 92.7 Å². The number of fused-ring (bicyclic) bond motifs is 7. The number of amides is 2. The maximum Gasteiger partial charge on any atom is 0.223 e. The summed E-state index contributed by atoms with van der Waals surface area (Å²) in [5, 5.41) is 11.0. The Morgan fingerprint density at radius 2 is 1.32 bits per heavy atom. The molecule has 0 spiro atoms. The van der Waals surface area contributed by atoms with Crippen LogP contribution in [-0.4, -0.2) is 110 Å². The number of rotatable bonds is 12. The highest BCUT2D eigenvalue weighted by molar-refractivity contribution is 7.91. The second-order valence-corrected chi connectivity index (χ2v) is 22.4. The molecule has 0 saturated heterocycles. The van der Waals surface area contributed by atoms with Crippen molar-refractivity contribution in [3.63, 3.8) is 0 Å². The van der Waals surface area contributed by atoms with Crippen LogP contribution in [0.2, 0.25) is 5.15 Å². The fourth-order valence-electron chi connectivity index (χ4n) is 8.01. The average molecular weight is 888 g/mol. The van der Waals surface area contributed by atoms with Crippen LogP contribution in [0.1, 0.15) is 53.8 Å². The van der Waals surface area contributed by atoms with Gasteiger partial charge in [0.05, 0.1) is 32.9 Å². The topological polar surface area (TPSA) is 256 Å². The number of sulfone groups is 3. The first-order valence-corrected chi connectivity index (χ1v) is 25.5. The maximum absolute atomic E-state index is 12.8. The van der Waals surface area contributed by atoms with Crippen LogP contribution in [-0.2, 0) is 71.2 Å². The number of H-pyrrole nitrogens is 2. The molecule has 8 rings (SSSR count). The fraction of sp³-hybridized carbons (Fsp3) is 0.474. The number of nitrogens with one attached hydrogen (secondary N) is 5. The minimum absolute atomic E-state index is 0.0449. The monoisotopic (exact) mass is 887 g/mol. The van der Waals surface area contributed by atoms with Gasteiger partial charge in [-0.25, -0.2) is 45.2 Å². The Labute approximate surface area is 347 Å². The molecule has 1 aliphatic heterocycles. The molecule has 316 valence electrons. The molecule has 59 heavy (non-hydrogen) atoms. The molecule has 2 amide bonds. The molecule has 5 aromatic rings. The number of hydrogen-bond donors (Lipinski definition) is 5. The summed E-state index contributed by atoms with van der Waals surface area (Å²) < 4.78 is 69.1. The number of anilines is 2. The Hall–Kier alpha value is -4.66. The number of aromatic amines is 2. The van der Waals surface area contributed by atoms with E-state index in [1.165, 1.54) is 25.2 Å². The van der Waals surface area contributed by atoms with Gasteiger partial charge in [-0.15, -0.1) is 0 Å². The van der Waals surface area contributed by atoms with E-state index in [2.05, 4.69) is 45.9 Å². The number of benzene rings is 1. The lowest BCUT2D eigenvalue weighted by molar-refractivity contribution is -0.126. The smallest absolute Gasteiger partial charge is 0.223 e. The minimum atomic E-state index is -3.19. The van der Waals surface area contributed by atoms with Crippen LogP contribution >= 0.6 is 11.6 Å². The van der Waals surface area contributed by atoms with Crippen molar-refractivity contribution < 1.29 is 34.8 Å². The lowest BCUT2D eigenvalue weighted by atomic mass is 9.86. The summed E-state index contributed by atoms with van der Waals surface area (Å²) in [6, 6.07) is 5.22. The largest absolute Gasteiger partial charge is 0.356 e. The van der Waals surface area contributed by atoms with Gasteiger partial charge in [0.2, 0.25) is 11.8 Å². The molecule has 0 saturated carbocycles. The van der Waals surface area contributed by atoms with E-state index < -0.39 is 29.5 Å². The quantitative estimate of drug-likeness (QED) is 0.0894. The lowest BCUT2D eigenvalue weighted by Crippen LogP contribution is -2.35. The van der Waals surface area contributed by atoms with Crippen LogP contribution in [0.3, 0.4) is 0 Å². The second kappa shape index (κ2) is 17.1. The molecule has 0 radical (unpaired) electrons. The lowest BCUT2D eigenvalue weighted by Gasteiger charge is -2.22. The van der Waals surface area contributed by atoms with Gasteiger partial charge in [-0.2, -0.15) is 0 Å². The number of nitrogens with zero attached hydrogens (tertiary/aromatic N) is 4. The predicted molar refractivity (Wildman–Crippen MR) is 224 cm³/mol. The SMILES string of the molecule is CS(=O)(=O)CCCNC(=O)C1CCc2[nH]c3ncnc(Cl)c3c2C1.CS(=O)(=O)CCCNC(=O)C1CCc2[nH]c3ncnc(Nc4ccc5c(c4)CCS5(=O)=O)c3c2C1. The van der Waals surface area contributed by atoms with Gasteiger partial charge in [0.25, 0.3) is 0 Å². The molecule has 2 aliphatic carbocycles. The van der Waals surface area contributed by atoms with Gasteiger partial charge in [-0.1, -0.05) is 11.6 Å². The van der Waals surface area contributed by atoms with Crippen molar-refractivity contribution in [2.24, 2.45) is 11.8 Å². The molecule has 0 bridgehead atoms. The highest BCUT2D eigenvalue weighted by atomic mass is 35.5. The summed E-state index contributed by atoms with van der Waals surface area (Å²) in [5.41, 5.74) is 7.03. The first-order valence-electron chi connectivity index (χ1n) is 19.3. The average Bonchev–Trinajstić information content (AvgIpc) is 3.85. The van der Waals surface area contributed by atoms with Crippen molar-refractivity contribution in [2.45, 2.75) is 62.7 Å². The number of hydrogen-bond acceptors (Lipinski definition) is 13. The van der Waals surface area contributed by atoms with Gasteiger partial charge in [-0.3, -0.25) is 9.59 Å². The third-order valence-corrected chi connectivity index (χ3v) is 15.1. The predicted octanol–water partition coefficient (Wildman–Crippen LogP) is 2.95. The standard InChI is InChI=1S/C23H27N5O5S2.C15H19ClN4O3S/c1-34(30,31)9-2-8-24-23(29)15-3-5-18-17(12-15)20-21(25-13-26-22(20)28-18)27-16-4-6-19-14(11-16)7-10-35(19,32)33;1-24(22,23)6-2-5-17-15(21)9-3-4-11-10(7-9)12-13(16)18-8-19-14(12)20-11/h4,6,11,13,15H,2-3,5,7-10,12H2,1H3,(H,24,29)(H2,25,26,27,28);8-9H,2-7H2,1H3,(H,17,21)(H,18,19,20). The van der Waals surface area contributed by atoms with Crippen molar-refractivity contribution >= 4 is 86.5 Å². The van der Waals surface area contributed by atoms with E-state index in [1.54, 1.807) is 12.1 Å². The first kappa shape index (κ1) is 42.5. The van der Waals surface area contributed by atoms with Crippen LogP contribution in [0, 0.1) is 11.8 Å². The summed E-state index contributed by atoms with van der Waals surface area (Å²) in [6.07, 6.45) is 10.6. The molecule has 21 heteroatoms. The minimum Gasteiger partial charge on any atom is -0.356 e. The van der Waals surface area contributed by atoms with E-state index in [9.17, 15) is 34.8 Å². The molecule has 4 aromatic heterocycles. The van der Waals surface area contributed by atoms with E-state index in [0.717, 1.165) is 57.4 Å². The number of carbonyl (C=O) groups excluding carboxylic acids is 2. The second-order valence-electron chi connectivity index (χ2n) is 15.4. The molecule has 2 atom stereocenters. The van der Waals surface area contributed by atoms with Crippen LogP contribution in [0.25, 0.3) is 22.1 Å². The van der Waals surface area contributed by atoms with E-state index in [-0.39, 0.29) is 40.9 Å². The molecule has 5 heterocycles. The van der Waals surface area contributed by atoms with E-state index >= 15 is 0 Å². The Balaban J connectivity index is 0.000000192. The van der Waals surface area contributed by atoms with Crippen LogP contribution < -0.4 is 16.0 Å². The van der Waals surface area contributed by atoms with Crippen molar-refractivity contribution in [1.29, 1.82) is 0 Å². The fourth-order valence-corrected chi connectivity index (χ4v) is 11.1. The van der Waals surface area contributed by atoms with Crippen molar-refractivity contribution in [2.75, 3.05) is 48.2 Å². The van der Waals surface area contributed by atoms with Crippen LogP contribution in [0.5, 0.6) is 0 Å². The van der Waals surface area contributed by atoms with E-state index in [0.29, 0.717) is 85.2 Å². The van der Waals surface area contributed by atoms with Gasteiger partial charge < -0.3 is 25.9 Å². The van der Waals surface area contributed by atoms with E-state index in [1.807, 2.05) is 6.07 Å². The van der Waals surface area contributed by atoms with Crippen molar-refractivity contribution in [1.82, 2.24) is 40.5 Å². The normalized spacial score (nSPS) is 18.3. The highest BCUT2D eigenvalue weighted by Gasteiger charge is 2.31. The van der Waals surface area contributed by atoms with Crippen LogP contribution in [0.4, 0.5) is 11.5 Å². The number of aromatic nitrogens is 6. The van der Waals surface area contributed by atoms with Gasteiger partial charge in [0, 0.05) is 54.5 Å². The van der Waals surface area contributed by atoms with Crippen molar-refractivity contribution in [3.05, 3.63) is 64.1 Å². The number of carbonyl (C=O) groups is 2. The molecular weight excluding hydrogens is 842 g/mol. The molecule has 0 fully saturated rings. The Bertz CT molecular complexity index is 2770. The van der Waals surface area contributed by atoms with Gasteiger partial charge in [0.15, 0.2) is 9.84 Å². The van der Waals surface area contributed by atoms with Gasteiger partial charge >= 0.3 is 0 Å². The molecule has 3 aliphatic rings. The highest BCUT2D eigenvalue weighted by Crippen LogP contribution is 2.37. The van der Waals surface area contributed by atoms with Crippen LogP contribution in [0.15, 0.2) is 35.7 Å². The Kier molecular flexibility index (Phi) is 12.3. The van der Waals surface area contributed by atoms with Gasteiger partial charge in [0.1, 0.15) is 54.6 Å². The molecule has 5 N–H and O–H groups in total. The van der Waals surface area contributed by atoms with Crippen molar-refractivity contribution in [3.8, 4) is 0 Å². The summed E-state index contributed by atoms with van der Waals surface area (Å²) >= 11 is 6.18. The summed E-state index contributed by atoms with van der Waals surface area (Å²) in [5.74, 6) is 0.364. The zero-order valence-electron chi connectivity index (χ0n) is 32.6.